The summed E-state index contributed by atoms with van der Waals surface area (Å²) in [5.41, 5.74) is 2.38. The minimum Gasteiger partial charge on any atom is -0.497 e. The van der Waals surface area contributed by atoms with Crippen molar-refractivity contribution in [3.63, 3.8) is 0 Å². The van der Waals surface area contributed by atoms with E-state index in [4.69, 9.17) is 9.84 Å². The number of nitrogens with one attached hydrogen (secondary N) is 1. The van der Waals surface area contributed by atoms with Gasteiger partial charge in [0.05, 0.1) is 20.1 Å². The molecule has 0 saturated carbocycles. The topological polar surface area (TPSA) is 58.6 Å². The van der Waals surface area contributed by atoms with Crippen molar-refractivity contribution in [1.29, 1.82) is 0 Å². The van der Waals surface area contributed by atoms with Gasteiger partial charge in [-0.1, -0.05) is 24.3 Å². The lowest BCUT2D eigenvalue weighted by molar-refractivity contribution is -0.115. The fraction of sp³-hybridized carbons (Fsp3) is 0.188. The van der Waals surface area contributed by atoms with Gasteiger partial charge in [-0.15, -0.1) is 0 Å². The van der Waals surface area contributed by atoms with E-state index in [1.165, 1.54) is 0 Å². The Morgan fingerprint density at radius 3 is 2.55 bits per heavy atom. The van der Waals surface area contributed by atoms with E-state index in [9.17, 15) is 4.79 Å². The summed E-state index contributed by atoms with van der Waals surface area (Å²) in [7, 11) is 1.61. The number of carbonyl (C=O) groups is 1. The van der Waals surface area contributed by atoms with Crippen LogP contribution in [-0.2, 0) is 17.8 Å². The number of hydrogen-bond acceptors (Lipinski definition) is 3. The van der Waals surface area contributed by atoms with E-state index in [0.29, 0.717) is 12.1 Å². The highest BCUT2D eigenvalue weighted by atomic mass is 16.5. The highest BCUT2D eigenvalue weighted by Crippen LogP contribution is 2.14. The maximum Gasteiger partial charge on any atom is 0.228 e. The van der Waals surface area contributed by atoms with Crippen LogP contribution in [0.25, 0.3) is 0 Å². The first-order valence-corrected chi connectivity index (χ1v) is 6.34. The van der Waals surface area contributed by atoms with Crippen LogP contribution in [0.2, 0.25) is 0 Å². The third-order valence-electron chi connectivity index (χ3n) is 2.92. The van der Waals surface area contributed by atoms with Crippen molar-refractivity contribution >= 4 is 11.6 Å². The number of methoxy groups -OCH3 is 1. The molecule has 0 saturated heterocycles. The van der Waals surface area contributed by atoms with Gasteiger partial charge in [0.15, 0.2) is 0 Å². The van der Waals surface area contributed by atoms with Crippen LogP contribution in [0.4, 0.5) is 5.69 Å². The van der Waals surface area contributed by atoms with Crippen LogP contribution >= 0.6 is 0 Å². The number of anilines is 1. The molecule has 0 aliphatic carbocycles. The summed E-state index contributed by atoms with van der Waals surface area (Å²) in [5, 5.41) is 11.9. The Kier molecular flexibility index (Phi) is 4.74. The van der Waals surface area contributed by atoms with Crippen LogP contribution in [-0.4, -0.2) is 18.1 Å². The number of benzene rings is 2. The molecule has 0 aliphatic rings. The summed E-state index contributed by atoms with van der Waals surface area (Å²) in [6.07, 6.45) is 0.299. The highest BCUT2D eigenvalue weighted by Gasteiger charge is 2.05. The molecule has 4 heteroatoms. The molecule has 1 amide bonds. The summed E-state index contributed by atoms with van der Waals surface area (Å²) in [4.78, 5) is 11.9. The Hall–Kier alpha value is -2.33. The van der Waals surface area contributed by atoms with Gasteiger partial charge in [-0.2, -0.15) is 0 Å². The Morgan fingerprint density at radius 2 is 1.90 bits per heavy atom. The fourth-order valence-corrected chi connectivity index (χ4v) is 1.88. The molecule has 0 radical (unpaired) electrons. The van der Waals surface area contributed by atoms with Crippen molar-refractivity contribution in [3.8, 4) is 5.75 Å². The zero-order chi connectivity index (χ0) is 14.4. The standard InChI is InChI=1S/C16H17NO3/c1-20-15-7-5-12(6-8-15)10-16(19)17-14-4-2-3-13(9-14)11-18/h2-9,18H,10-11H2,1H3,(H,17,19). The van der Waals surface area contributed by atoms with Gasteiger partial charge in [0, 0.05) is 5.69 Å². The molecule has 2 rings (SSSR count). The van der Waals surface area contributed by atoms with Gasteiger partial charge in [-0.05, 0) is 35.4 Å². The Morgan fingerprint density at radius 1 is 1.15 bits per heavy atom. The lowest BCUT2D eigenvalue weighted by Crippen LogP contribution is -2.14. The normalized spacial score (nSPS) is 10.1. The summed E-state index contributed by atoms with van der Waals surface area (Å²) < 4.78 is 5.07. The van der Waals surface area contributed by atoms with Gasteiger partial charge in [0.25, 0.3) is 0 Å². The molecule has 104 valence electrons. The van der Waals surface area contributed by atoms with Crippen molar-refractivity contribution in [3.05, 3.63) is 59.7 Å². The SMILES string of the molecule is COc1ccc(CC(=O)Nc2cccc(CO)c2)cc1. The molecule has 0 atom stereocenters. The molecule has 0 fully saturated rings. The number of rotatable bonds is 5. The minimum atomic E-state index is -0.0924. The van der Waals surface area contributed by atoms with Crippen LogP contribution in [0, 0.1) is 0 Å². The molecular weight excluding hydrogens is 254 g/mol. The van der Waals surface area contributed by atoms with Crippen molar-refractivity contribution in [2.24, 2.45) is 0 Å². The second kappa shape index (κ2) is 6.73. The number of amides is 1. The highest BCUT2D eigenvalue weighted by molar-refractivity contribution is 5.92. The summed E-state index contributed by atoms with van der Waals surface area (Å²) >= 11 is 0. The maximum absolute atomic E-state index is 11.9. The van der Waals surface area contributed by atoms with Crippen LogP contribution in [0.3, 0.4) is 0 Å². The van der Waals surface area contributed by atoms with E-state index >= 15 is 0 Å². The van der Waals surface area contributed by atoms with E-state index < -0.39 is 0 Å². The van der Waals surface area contributed by atoms with E-state index in [1.807, 2.05) is 24.3 Å². The third kappa shape index (κ3) is 3.83. The second-order valence-corrected chi connectivity index (χ2v) is 4.43. The average molecular weight is 271 g/mol. The number of aliphatic hydroxyl groups is 1. The molecule has 2 aromatic carbocycles. The molecule has 0 aromatic heterocycles. The Bertz CT molecular complexity index is 579. The molecule has 2 N–H and O–H groups in total. The first-order valence-electron chi connectivity index (χ1n) is 6.34. The fourth-order valence-electron chi connectivity index (χ4n) is 1.88. The van der Waals surface area contributed by atoms with Gasteiger partial charge >= 0.3 is 0 Å². The summed E-state index contributed by atoms with van der Waals surface area (Å²) in [6.45, 7) is -0.0395. The van der Waals surface area contributed by atoms with Gasteiger partial charge < -0.3 is 15.2 Å². The molecule has 0 unspecified atom stereocenters. The summed E-state index contributed by atoms with van der Waals surface area (Å²) in [6, 6.07) is 14.5. The minimum absolute atomic E-state index is 0.0395. The second-order valence-electron chi connectivity index (χ2n) is 4.43. The monoisotopic (exact) mass is 271 g/mol. The summed E-state index contributed by atoms with van der Waals surface area (Å²) in [5.74, 6) is 0.676. The largest absolute Gasteiger partial charge is 0.497 e. The lowest BCUT2D eigenvalue weighted by atomic mass is 10.1. The van der Waals surface area contributed by atoms with Crippen molar-refractivity contribution in [2.75, 3.05) is 12.4 Å². The van der Waals surface area contributed by atoms with Gasteiger partial charge in [-0.25, -0.2) is 0 Å². The van der Waals surface area contributed by atoms with Crippen LogP contribution in [0.5, 0.6) is 5.75 Å². The molecule has 4 nitrogen and oxygen atoms in total. The van der Waals surface area contributed by atoms with E-state index in [0.717, 1.165) is 16.9 Å². The zero-order valence-corrected chi connectivity index (χ0v) is 11.3. The smallest absolute Gasteiger partial charge is 0.228 e. The third-order valence-corrected chi connectivity index (χ3v) is 2.92. The number of carbonyl (C=O) groups excluding carboxylic acids is 1. The lowest BCUT2D eigenvalue weighted by Gasteiger charge is -2.07. The van der Waals surface area contributed by atoms with Crippen LogP contribution < -0.4 is 10.1 Å². The predicted octanol–water partition coefficient (Wildman–Crippen LogP) is 2.37. The van der Waals surface area contributed by atoms with E-state index in [2.05, 4.69) is 5.32 Å². The number of ether oxygens (including phenoxy) is 1. The first-order chi connectivity index (χ1) is 9.71. The molecule has 20 heavy (non-hydrogen) atoms. The first kappa shape index (κ1) is 14.1. The molecule has 0 aliphatic heterocycles. The van der Waals surface area contributed by atoms with Gasteiger partial charge in [0.2, 0.25) is 5.91 Å². The quantitative estimate of drug-likeness (QED) is 0.877. The van der Waals surface area contributed by atoms with Crippen LogP contribution in [0.1, 0.15) is 11.1 Å². The van der Waals surface area contributed by atoms with Crippen molar-refractivity contribution in [2.45, 2.75) is 13.0 Å². The van der Waals surface area contributed by atoms with Crippen molar-refractivity contribution < 1.29 is 14.6 Å². The van der Waals surface area contributed by atoms with E-state index in [-0.39, 0.29) is 12.5 Å². The van der Waals surface area contributed by atoms with Crippen LogP contribution in [0.15, 0.2) is 48.5 Å². The van der Waals surface area contributed by atoms with Gasteiger partial charge in [-0.3, -0.25) is 4.79 Å². The molecular formula is C16H17NO3. The van der Waals surface area contributed by atoms with Crippen molar-refractivity contribution in [1.82, 2.24) is 0 Å². The Labute approximate surface area is 118 Å². The molecule has 0 heterocycles. The average Bonchev–Trinajstić information content (AvgIpc) is 2.48. The number of aliphatic hydroxyl groups excluding tert-OH is 1. The maximum atomic E-state index is 11.9. The Balaban J connectivity index is 1.97. The number of hydrogen-bond donors (Lipinski definition) is 2. The predicted molar refractivity (Wildman–Crippen MR) is 77.7 cm³/mol. The molecule has 0 bridgehead atoms. The molecule has 2 aromatic rings. The van der Waals surface area contributed by atoms with Gasteiger partial charge in [0.1, 0.15) is 5.75 Å². The zero-order valence-electron chi connectivity index (χ0n) is 11.3. The molecule has 0 spiro atoms. The van der Waals surface area contributed by atoms with E-state index in [1.54, 1.807) is 31.4 Å².